The van der Waals surface area contributed by atoms with Crippen LogP contribution >= 0.6 is 0 Å². The fraction of sp³-hybridized carbons (Fsp3) is 0.417. The second-order valence-corrected chi connectivity index (χ2v) is 10.3. The molecule has 1 amide bonds. The van der Waals surface area contributed by atoms with Crippen molar-refractivity contribution >= 4 is 21.8 Å². The summed E-state index contributed by atoms with van der Waals surface area (Å²) in [4.78, 5) is 18.6. The highest BCUT2D eigenvalue weighted by Crippen LogP contribution is 2.28. The number of carbonyl (C=O) groups excluding carboxylic acids is 1. The van der Waals surface area contributed by atoms with Crippen LogP contribution in [0.3, 0.4) is 0 Å². The van der Waals surface area contributed by atoms with Crippen molar-refractivity contribution in [3.63, 3.8) is 0 Å². The summed E-state index contributed by atoms with van der Waals surface area (Å²) in [7, 11) is -3.46. The molecule has 0 radical (unpaired) electrons. The van der Waals surface area contributed by atoms with Gasteiger partial charge in [0.2, 0.25) is 15.9 Å². The SMILES string of the molecule is C=C(/C=C\C=C(/C)N1CCN(S(=O)(=O)c2ccc(C)cc2)CC1)N=C(C)NC(=O)C1CC1. The summed E-state index contributed by atoms with van der Waals surface area (Å²) in [5.41, 5.74) is 2.63. The molecule has 1 saturated carbocycles. The zero-order valence-electron chi connectivity index (χ0n) is 19.0. The van der Waals surface area contributed by atoms with Crippen LogP contribution in [0.1, 0.15) is 32.3 Å². The van der Waals surface area contributed by atoms with Gasteiger partial charge in [-0.1, -0.05) is 30.4 Å². The zero-order chi connectivity index (χ0) is 23.3. The van der Waals surface area contributed by atoms with Gasteiger partial charge in [-0.25, -0.2) is 13.4 Å². The Hall–Kier alpha value is -2.71. The molecule has 1 aliphatic heterocycles. The van der Waals surface area contributed by atoms with E-state index in [1.165, 1.54) is 0 Å². The maximum Gasteiger partial charge on any atom is 0.243 e. The van der Waals surface area contributed by atoms with Gasteiger partial charge in [-0.05, 0) is 57.9 Å². The summed E-state index contributed by atoms with van der Waals surface area (Å²) >= 11 is 0. The third-order valence-corrected chi connectivity index (χ3v) is 7.50. The lowest BCUT2D eigenvalue weighted by Crippen LogP contribution is -2.47. The van der Waals surface area contributed by atoms with Gasteiger partial charge in [0.15, 0.2) is 0 Å². The van der Waals surface area contributed by atoms with Crippen molar-refractivity contribution in [1.82, 2.24) is 14.5 Å². The highest BCUT2D eigenvalue weighted by molar-refractivity contribution is 7.89. The smallest absolute Gasteiger partial charge is 0.243 e. The summed E-state index contributed by atoms with van der Waals surface area (Å²) < 4.78 is 27.3. The Morgan fingerprint density at radius 3 is 2.34 bits per heavy atom. The first kappa shape index (κ1) is 23.9. The number of benzene rings is 1. The molecule has 0 atom stereocenters. The van der Waals surface area contributed by atoms with Crippen molar-refractivity contribution in [2.45, 2.75) is 38.5 Å². The lowest BCUT2D eigenvalue weighted by Gasteiger charge is -2.35. The molecule has 0 unspecified atom stereocenters. The molecule has 8 heteroatoms. The number of piperazine rings is 1. The molecule has 172 valence electrons. The van der Waals surface area contributed by atoms with E-state index in [0.29, 0.717) is 42.6 Å². The van der Waals surface area contributed by atoms with Crippen LogP contribution in [0.15, 0.2) is 70.4 Å². The molecule has 1 aliphatic carbocycles. The van der Waals surface area contributed by atoms with Gasteiger partial charge < -0.3 is 10.2 Å². The van der Waals surface area contributed by atoms with E-state index < -0.39 is 10.0 Å². The number of aryl methyl sites for hydroxylation is 1. The van der Waals surface area contributed by atoms with Gasteiger partial charge in [0.05, 0.1) is 10.6 Å². The summed E-state index contributed by atoms with van der Waals surface area (Å²) in [5, 5.41) is 2.79. The number of nitrogens with zero attached hydrogens (tertiary/aromatic N) is 3. The molecule has 1 aromatic carbocycles. The van der Waals surface area contributed by atoms with Crippen molar-refractivity contribution in [2.75, 3.05) is 26.2 Å². The third kappa shape index (κ3) is 6.40. The largest absolute Gasteiger partial charge is 0.372 e. The average molecular weight is 457 g/mol. The quantitative estimate of drug-likeness (QED) is 0.388. The Labute approximate surface area is 191 Å². The number of amidine groups is 1. The minimum Gasteiger partial charge on any atom is -0.372 e. The van der Waals surface area contributed by atoms with Crippen LogP contribution in [0, 0.1) is 12.8 Å². The summed E-state index contributed by atoms with van der Waals surface area (Å²) in [6.45, 7) is 11.8. The molecular formula is C24H32N4O3S. The van der Waals surface area contributed by atoms with Gasteiger partial charge in [0.1, 0.15) is 5.84 Å². The normalized spacial score (nSPS) is 18.8. The lowest BCUT2D eigenvalue weighted by molar-refractivity contribution is -0.120. The molecule has 1 aromatic rings. The van der Waals surface area contributed by atoms with Crippen molar-refractivity contribution in [2.24, 2.45) is 10.9 Å². The van der Waals surface area contributed by atoms with Gasteiger partial charge >= 0.3 is 0 Å². The number of sulfonamides is 1. The molecule has 7 nitrogen and oxygen atoms in total. The van der Waals surface area contributed by atoms with Crippen LogP contribution in [-0.4, -0.2) is 55.5 Å². The highest BCUT2D eigenvalue weighted by Gasteiger charge is 2.30. The van der Waals surface area contributed by atoms with E-state index in [1.54, 1.807) is 29.4 Å². The number of hydrogen-bond donors (Lipinski definition) is 1. The Balaban J connectivity index is 1.50. The van der Waals surface area contributed by atoms with Crippen LogP contribution in [0.25, 0.3) is 0 Å². The highest BCUT2D eigenvalue weighted by atomic mass is 32.2. The second kappa shape index (κ2) is 10.3. The number of aliphatic imine (C=N–C) groups is 1. The maximum absolute atomic E-state index is 12.9. The third-order valence-electron chi connectivity index (χ3n) is 5.59. The number of nitrogens with one attached hydrogen (secondary N) is 1. The average Bonchev–Trinajstić information content (AvgIpc) is 3.59. The molecule has 0 spiro atoms. The molecule has 3 rings (SSSR count). The Morgan fingerprint density at radius 2 is 1.75 bits per heavy atom. The van der Waals surface area contributed by atoms with Crippen molar-refractivity contribution in [3.8, 4) is 0 Å². The van der Waals surface area contributed by atoms with Crippen LogP contribution in [0.2, 0.25) is 0 Å². The molecule has 2 aliphatic rings. The molecule has 2 fully saturated rings. The fourth-order valence-corrected chi connectivity index (χ4v) is 4.87. The number of amides is 1. The topological polar surface area (TPSA) is 82.1 Å². The van der Waals surface area contributed by atoms with Gasteiger partial charge in [-0.15, -0.1) is 0 Å². The second-order valence-electron chi connectivity index (χ2n) is 8.32. The van der Waals surface area contributed by atoms with E-state index in [4.69, 9.17) is 0 Å². The standard InChI is InChI=1S/C24H32N4O3S/c1-18-8-12-23(13-9-18)32(30,31)28-16-14-27(15-17-28)20(3)7-5-6-19(2)25-21(4)26-24(29)22-10-11-22/h5-9,12-13,22H,2,10-11,14-17H2,1,3-4H3,(H,25,26,29)/b6-5-,20-7+. The minimum absolute atomic E-state index is 0.0299. The van der Waals surface area contributed by atoms with E-state index >= 15 is 0 Å². The first-order valence-electron chi connectivity index (χ1n) is 10.9. The first-order valence-corrected chi connectivity index (χ1v) is 12.3. The summed E-state index contributed by atoms with van der Waals surface area (Å²) in [6.07, 6.45) is 7.52. The fourth-order valence-electron chi connectivity index (χ4n) is 3.45. The molecule has 0 aromatic heterocycles. The van der Waals surface area contributed by atoms with E-state index in [0.717, 1.165) is 24.1 Å². The summed E-state index contributed by atoms with van der Waals surface area (Å²) in [5.74, 6) is 0.715. The molecule has 1 saturated heterocycles. The molecule has 32 heavy (non-hydrogen) atoms. The van der Waals surface area contributed by atoms with Gasteiger partial charge in [0.25, 0.3) is 0 Å². The summed E-state index contributed by atoms with van der Waals surface area (Å²) in [6, 6.07) is 6.98. The minimum atomic E-state index is -3.46. The van der Waals surface area contributed by atoms with E-state index in [1.807, 2.05) is 38.1 Å². The molecule has 1 heterocycles. The van der Waals surface area contributed by atoms with Crippen molar-refractivity contribution in [3.05, 3.63) is 66.0 Å². The number of allylic oxidation sites excluding steroid dienone is 4. The number of carbonyl (C=O) groups is 1. The molecule has 1 N–H and O–H groups in total. The lowest BCUT2D eigenvalue weighted by atomic mass is 10.2. The van der Waals surface area contributed by atoms with Crippen molar-refractivity contribution in [1.29, 1.82) is 0 Å². The van der Waals surface area contributed by atoms with Gasteiger partial charge in [-0.2, -0.15) is 4.31 Å². The Kier molecular flexibility index (Phi) is 7.69. The van der Waals surface area contributed by atoms with Crippen molar-refractivity contribution < 1.29 is 13.2 Å². The first-order chi connectivity index (χ1) is 15.2. The maximum atomic E-state index is 12.9. The van der Waals surface area contributed by atoms with Gasteiger partial charge in [0, 0.05) is 37.8 Å². The van der Waals surface area contributed by atoms with Crippen LogP contribution in [0.5, 0.6) is 0 Å². The zero-order valence-corrected chi connectivity index (χ0v) is 19.9. The Bertz CT molecular complexity index is 1040. The van der Waals surface area contributed by atoms with Crippen LogP contribution in [-0.2, 0) is 14.8 Å². The van der Waals surface area contributed by atoms with Gasteiger partial charge in [-0.3, -0.25) is 4.79 Å². The predicted molar refractivity (Wildman–Crippen MR) is 128 cm³/mol. The molecular weight excluding hydrogens is 424 g/mol. The number of hydrogen-bond acceptors (Lipinski definition) is 5. The van der Waals surface area contributed by atoms with E-state index in [2.05, 4.69) is 21.8 Å². The molecule has 0 bridgehead atoms. The van der Waals surface area contributed by atoms with Crippen LogP contribution < -0.4 is 5.32 Å². The predicted octanol–water partition coefficient (Wildman–Crippen LogP) is 3.22. The number of rotatable bonds is 7. The van der Waals surface area contributed by atoms with E-state index in [-0.39, 0.29) is 11.8 Å². The monoisotopic (exact) mass is 456 g/mol. The van der Waals surface area contributed by atoms with E-state index in [9.17, 15) is 13.2 Å². The van der Waals surface area contributed by atoms with Crippen LogP contribution in [0.4, 0.5) is 0 Å². The Morgan fingerprint density at radius 1 is 1.12 bits per heavy atom.